The van der Waals surface area contributed by atoms with Gasteiger partial charge in [-0.1, -0.05) is 19.9 Å². The zero-order chi connectivity index (χ0) is 14.3. The van der Waals surface area contributed by atoms with Crippen LogP contribution in [-0.2, 0) is 11.3 Å². The standard InChI is InChI=1S/C15H26N2OS/c1-12(2)13(8-9-16)6-7-15(18)17(3)11-14-5-4-10-19-14/h4-5,10,12-13H,6-9,11,16H2,1-3H3. The largest absolute Gasteiger partial charge is 0.341 e. The molecule has 2 N–H and O–H groups in total. The second-order valence-electron chi connectivity index (χ2n) is 5.45. The van der Waals surface area contributed by atoms with Crippen LogP contribution in [0.4, 0.5) is 0 Å². The molecule has 0 spiro atoms. The third-order valence-electron chi connectivity index (χ3n) is 3.61. The van der Waals surface area contributed by atoms with E-state index in [1.165, 1.54) is 4.88 Å². The Morgan fingerprint density at radius 1 is 1.42 bits per heavy atom. The van der Waals surface area contributed by atoms with Crippen LogP contribution in [0.5, 0.6) is 0 Å². The zero-order valence-corrected chi connectivity index (χ0v) is 13.1. The van der Waals surface area contributed by atoms with Gasteiger partial charge in [-0.05, 0) is 42.7 Å². The molecule has 4 heteroatoms. The number of nitrogens with two attached hydrogens (primary N) is 1. The average Bonchev–Trinajstić information content (AvgIpc) is 2.86. The third kappa shape index (κ3) is 5.74. The van der Waals surface area contributed by atoms with Gasteiger partial charge in [0.25, 0.3) is 0 Å². The number of nitrogens with zero attached hydrogens (tertiary/aromatic N) is 1. The second kappa shape index (κ2) is 8.33. The lowest BCUT2D eigenvalue weighted by atomic mass is 9.88. The summed E-state index contributed by atoms with van der Waals surface area (Å²) in [5.41, 5.74) is 5.63. The molecule has 0 fully saturated rings. The molecule has 0 aromatic carbocycles. The first-order chi connectivity index (χ1) is 9.04. The molecular formula is C15H26N2OS. The lowest BCUT2D eigenvalue weighted by Crippen LogP contribution is -2.27. The number of amides is 1. The fraction of sp³-hybridized carbons (Fsp3) is 0.667. The summed E-state index contributed by atoms with van der Waals surface area (Å²) in [5, 5.41) is 2.05. The second-order valence-corrected chi connectivity index (χ2v) is 6.48. The van der Waals surface area contributed by atoms with E-state index in [-0.39, 0.29) is 5.91 Å². The predicted octanol–water partition coefficient (Wildman–Crippen LogP) is 3.11. The van der Waals surface area contributed by atoms with E-state index in [1.807, 2.05) is 23.4 Å². The number of thiophene rings is 1. The highest BCUT2D eigenvalue weighted by Gasteiger charge is 2.16. The molecule has 0 aliphatic heterocycles. The lowest BCUT2D eigenvalue weighted by molar-refractivity contribution is -0.130. The minimum Gasteiger partial charge on any atom is -0.341 e. The molecule has 0 radical (unpaired) electrons. The molecule has 19 heavy (non-hydrogen) atoms. The smallest absolute Gasteiger partial charge is 0.222 e. The summed E-state index contributed by atoms with van der Waals surface area (Å²) >= 11 is 1.70. The maximum Gasteiger partial charge on any atom is 0.222 e. The first-order valence-electron chi connectivity index (χ1n) is 7.01. The summed E-state index contributed by atoms with van der Waals surface area (Å²) in [7, 11) is 1.88. The van der Waals surface area contributed by atoms with Crippen molar-refractivity contribution in [1.29, 1.82) is 0 Å². The molecule has 0 aliphatic carbocycles. The van der Waals surface area contributed by atoms with Gasteiger partial charge in [-0.3, -0.25) is 4.79 Å². The molecular weight excluding hydrogens is 256 g/mol. The Morgan fingerprint density at radius 3 is 2.68 bits per heavy atom. The van der Waals surface area contributed by atoms with Gasteiger partial charge < -0.3 is 10.6 Å². The van der Waals surface area contributed by atoms with E-state index in [2.05, 4.69) is 19.9 Å². The van der Waals surface area contributed by atoms with E-state index in [0.717, 1.165) is 19.4 Å². The Bertz CT molecular complexity index is 362. The van der Waals surface area contributed by atoms with Gasteiger partial charge in [0.15, 0.2) is 0 Å². The van der Waals surface area contributed by atoms with Crippen LogP contribution >= 0.6 is 11.3 Å². The summed E-state index contributed by atoms with van der Waals surface area (Å²) in [6, 6.07) is 4.09. The quantitative estimate of drug-likeness (QED) is 0.796. The van der Waals surface area contributed by atoms with E-state index in [0.29, 0.717) is 24.8 Å². The van der Waals surface area contributed by atoms with Gasteiger partial charge in [-0.25, -0.2) is 0 Å². The van der Waals surface area contributed by atoms with Gasteiger partial charge in [0.2, 0.25) is 5.91 Å². The Kier molecular flexibility index (Phi) is 7.10. The minimum absolute atomic E-state index is 0.232. The molecule has 1 amide bonds. The van der Waals surface area contributed by atoms with Crippen molar-refractivity contribution in [1.82, 2.24) is 4.90 Å². The van der Waals surface area contributed by atoms with Crippen molar-refractivity contribution >= 4 is 17.2 Å². The van der Waals surface area contributed by atoms with Gasteiger partial charge in [0.05, 0.1) is 6.54 Å². The molecule has 1 heterocycles. The lowest BCUT2D eigenvalue weighted by Gasteiger charge is -2.22. The van der Waals surface area contributed by atoms with Crippen LogP contribution < -0.4 is 5.73 Å². The van der Waals surface area contributed by atoms with Crippen LogP contribution in [0.1, 0.15) is 38.0 Å². The highest BCUT2D eigenvalue weighted by atomic mass is 32.1. The van der Waals surface area contributed by atoms with Crippen LogP contribution in [0.3, 0.4) is 0 Å². The highest BCUT2D eigenvalue weighted by molar-refractivity contribution is 7.09. The van der Waals surface area contributed by atoms with Crippen molar-refractivity contribution in [2.24, 2.45) is 17.6 Å². The molecule has 0 saturated heterocycles. The van der Waals surface area contributed by atoms with E-state index in [1.54, 1.807) is 11.3 Å². The van der Waals surface area contributed by atoms with Crippen LogP contribution in [0.25, 0.3) is 0 Å². The van der Waals surface area contributed by atoms with Crippen LogP contribution in [-0.4, -0.2) is 24.4 Å². The molecule has 1 atom stereocenters. The van der Waals surface area contributed by atoms with Crippen molar-refractivity contribution in [3.8, 4) is 0 Å². The molecule has 1 unspecified atom stereocenters. The van der Waals surface area contributed by atoms with E-state index in [9.17, 15) is 4.79 Å². The average molecular weight is 282 g/mol. The summed E-state index contributed by atoms with van der Waals surface area (Å²) in [4.78, 5) is 15.2. The summed E-state index contributed by atoms with van der Waals surface area (Å²) in [5.74, 6) is 1.39. The van der Waals surface area contributed by atoms with Crippen LogP contribution in [0.15, 0.2) is 17.5 Å². The number of hydrogen-bond donors (Lipinski definition) is 1. The molecule has 1 aromatic rings. The van der Waals surface area contributed by atoms with E-state index < -0.39 is 0 Å². The van der Waals surface area contributed by atoms with Gasteiger partial charge in [0.1, 0.15) is 0 Å². The van der Waals surface area contributed by atoms with Gasteiger partial charge in [0, 0.05) is 18.3 Å². The minimum atomic E-state index is 0.232. The highest BCUT2D eigenvalue weighted by Crippen LogP contribution is 2.21. The Morgan fingerprint density at radius 2 is 2.16 bits per heavy atom. The molecule has 1 aromatic heterocycles. The topological polar surface area (TPSA) is 46.3 Å². The predicted molar refractivity (Wildman–Crippen MR) is 82.0 cm³/mol. The maximum absolute atomic E-state index is 12.1. The fourth-order valence-corrected chi connectivity index (χ4v) is 3.01. The number of rotatable bonds is 8. The Labute approximate surface area is 120 Å². The van der Waals surface area contributed by atoms with Crippen molar-refractivity contribution < 1.29 is 4.79 Å². The van der Waals surface area contributed by atoms with Crippen molar-refractivity contribution in [3.05, 3.63) is 22.4 Å². The monoisotopic (exact) mass is 282 g/mol. The molecule has 0 aliphatic rings. The third-order valence-corrected chi connectivity index (χ3v) is 4.47. The number of carbonyl (C=O) groups is 1. The van der Waals surface area contributed by atoms with Crippen molar-refractivity contribution in [2.75, 3.05) is 13.6 Å². The number of carbonyl (C=O) groups excluding carboxylic acids is 1. The Balaban J connectivity index is 2.36. The summed E-state index contributed by atoms with van der Waals surface area (Å²) in [6.07, 6.45) is 2.59. The van der Waals surface area contributed by atoms with Crippen LogP contribution in [0.2, 0.25) is 0 Å². The first kappa shape index (κ1) is 16.2. The molecule has 108 valence electrons. The summed E-state index contributed by atoms with van der Waals surface area (Å²) in [6.45, 7) is 5.85. The molecule has 3 nitrogen and oxygen atoms in total. The summed E-state index contributed by atoms with van der Waals surface area (Å²) < 4.78 is 0. The molecule has 1 rings (SSSR count). The van der Waals surface area contributed by atoms with E-state index >= 15 is 0 Å². The van der Waals surface area contributed by atoms with Crippen molar-refractivity contribution in [2.45, 2.75) is 39.7 Å². The van der Waals surface area contributed by atoms with Gasteiger partial charge in [-0.15, -0.1) is 11.3 Å². The normalized spacial score (nSPS) is 12.7. The van der Waals surface area contributed by atoms with Crippen molar-refractivity contribution in [3.63, 3.8) is 0 Å². The SMILES string of the molecule is CC(C)C(CCN)CCC(=O)N(C)Cc1cccs1. The first-order valence-corrected chi connectivity index (χ1v) is 7.89. The fourth-order valence-electron chi connectivity index (χ4n) is 2.25. The molecule has 0 bridgehead atoms. The maximum atomic E-state index is 12.1. The van der Waals surface area contributed by atoms with E-state index in [4.69, 9.17) is 5.73 Å². The van der Waals surface area contributed by atoms with Gasteiger partial charge >= 0.3 is 0 Å². The molecule has 0 saturated carbocycles. The van der Waals surface area contributed by atoms with Crippen LogP contribution in [0, 0.1) is 11.8 Å². The number of hydrogen-bond acceptors (Lipinski definition) is 3. The Hall–Kier alpha value is -0.870. The zero-order valence-electron chi connectivity index (χ0n) is 12.3. The van der Waals surface area contributed by atoms with Gasteiger partial charge in [-0.2, -0.15) is 0 Å².